The summed E-state index contributed by atoms with van der Waals surface area (Å²) in [4.78, 5) is 0. The Hall–Kier alpha value is -1.91. The first-order valence-corrected chi connectivity index (χ1v) is 9.43. The fourth-order valence-corrected chi connectivity index (χ4v) is 7.26. The summed E-state index contributed by atoms with van der Waals surface area (Å²) in [5.74, 6) is 0. The van der Waals surface area contributed by atoms with Gasteiger partial charge in [0.25, 0.3) is 0 Å². The molecule has 0 amide bonds. The van der Waals surface area contributed by atoms with Crippen molar-refractivity contribution in [1.82, 2.24) is 0 Å². The van der Waals surface area contributed by atoms with Crippen LogP contribution in [0.4, 0.5) is 0 Å². The van der Waals surface area contributed by atoms with Gasteiger partial charge in [-0.3, -0.25) is 0 Å². The van der Waals surface area contributed by atoms with Crippen molar-refractivity contribution in [1.29, 1.82) is 0 Å². The maximum absolute atomic E-state index is 2.44. The van der Waals surface area contributed by atoms with Crippen LogP contribution in [0.5, 0.6) is 0 Å². The Balaban J connectivity index is 2.29. The zero-order valence-corrected chi connectivity index (χ0v) is 13.2. The molecular formula is C20H20P. The van der Waals surface area contributed by atoms with Crippen molar-refractivity contribution in [3.63, 3.8) is 0 Å². The normalized spacial score (nSPS) is 12.0. The Labute approximate surface area is 127 Å². The van der Waals surface area contributed by atoms with Crippen LogP contribution >= 0.6 is 7.26 Å². The predicted octanol–water partition coefficient (Wildman–Crippen LogP) is 3.89. The zero-order chi connectivity index (χ0) is 14.5. The third-order valence-corrected chi connectivity index (χ3v) is 8.72. The van der Waals surface area contributed by atoms with Crippen molar-refractivity contribution in [2.75, 3.05) is 0 Å². The van der Waals surface area contributed by atoms with Gasteiger partial charge in [0.15, 0.2) is 0 Å². The van der Waals surface area contributed by atoms with Gasteiger partial charge in [0.1, 0.15) is 0 Å². The van der Waals surface area contributed by atoms with Gasteiger partial charge in [-0.2, -0.15) is 0 Å². The molecule has 0 aromatic heterocycles. The van der Waals surface area contributed by atoms with Crippen molar-refractivity contribution in [2.45, 2.75) is 6.92 Å². The monoisotopic (exact) mass is 291 g/mol. The number of benzene rings is 3. The quantitative estimate of drug-likeness (QED) is 0.640. The summed E-state index contributed by atoms with van der Waals surface area (Å²) in [5, 5.41) is 4.31. The number of rotatable bonds is 4. The van der Waals surface area contributed by atoms with Crippen LogP contribution in [-0.2, 0) is 0 Å². The van der Waals surface area contributed by atoms with E-state index in [4.69, 9.17) is 0 Å². The summed E-state index contributed by atoms with van der Waals surface area (Å²) < 4.78 is 0. The fourth-order valence-electron chi connectivity index (χ4n) is 3.10. The van der Waals surface area contributed by atoms with Gasteiger partial charge in [0, 0.05) is 0 Å². The molecule has 0 saturated heterocycles. The average molecular weight is 291 g/mol. The van der Waals surface area contributed by atoms with Crippen LogP contribution in [0.1, 0.15) is 6.92 Å². The van der Waals surface area contributed by atoms with Gasteiger partial charge in [-0.1, -0.05) is 0 Å². The molecule has 0 aliphatic carbocycles. The van der Waals surface area contributed by atoms with E-state index < -0.39 is 7.26 Å². The number of hydrogen-bond acceptors (Lipinski definition) is 0. The average Bonchev–Trinajstić information content (AvgIpc) is 2.59. The fraction of sp³-hybridized carbons (Fsp3) is 0.0500. The van der Waals surface area contributed by atoms with E-state index in [0.717, 1.165) is 0 Å². The van der Waals surface area contributed by atoms with E-state index in [1.165, 1.54) is 15.9 Å². The Morgan fingerprint density at radius 3 is 1.05 bits per heavy atom. The van der Waals surface area contributed by atoms with Gasteiger partial charge in [-0.25, -0.2) is 0 Å². The molecule has 3 aromatic rings. The van der Waals surface area contributed by atoms with Gasteiger partial charge in [0.2, 0.25) is 0 Å². The molecule has 21 heavy (non-hydrogen) atoms. The van der Waals surface area contributed by atoms with E-state index in [2.05, 4.69) is 104 Å². The first kappa shape index (κ1) is 14.0. The third-order valence-electron chi connectivity index (χ3n) is 4.12. The SMILES string of the molecule is C[CH][PH](c1ccccc1)(c1ccccc1)c1ccccc1. The molecule has 0 unspecified atom stereocenters. The second-order valence-corrected chi connectivity index (χ2v) is 9.12. The Bertz CT molecular complexity index is 578. The van der Waals surface area contributed by atoms with E-state index in [1.54, 1.807) is 0 Å². The molecule has 0 fully saturated rings. The molecule has 1 radical (unpaired) electrons. The van der Waals surface area contributed by atoms with E-state index in [-0.39, 0.29) is 0 Å². The van der Waals surface area contributed by atoms with Gasteiger partial charge < -0.3 is 0 Å². The van der Waals surface area contributed by atoms with Crippen molar-refractivity contribution in [3.05, 3.63) is 97.2 Å². The van der Waals surface area contributed by atoms with Gasteiger partial charge in [-0.05, 0) is 0 Å². The second-order valence-electron chi connectivity index (χ2n) is 5.19. The van der Waals surface area contributed by atoms with Gasteiger partial charge in [-0.15, -0.1) is 0 Å². The molecule has 0 heterocycles. The molecule has 1 heteroatoms. The minimum absolute atomic E-state index is 1.44. The topological polar surface area (TPSA) is 0 Å². The maximum atomic E-state index is 2.44. The van der Waals surface area contributed by atoms with Gasteiger partial charge >= 0.3 is 127 Å². The first-order chi connectivity index (χ1) is 10.4. The Morgan fingerprint density at radius 1 is 0.524 bits per heavy atom. The molecule has 0 saturated carbocycles. The van der Waals surface area contributed by atoms with Crippen molar-refractivity contribution < 1.29 is 0 Å². The summed E-state index contributed by atoms with van der Waals surface area (Å²) in [7, 11) is -2.02. The standard InChI is InChI=1S/C20H20P/c1-2-21(18-12-6-3-7-13-18,19-14-8-4-9-15-19)20-16-10-5-11-17-20/h2-17,21H,1H3. The molecule has 3 rings (SSSR count). The molecule has 0 nitrogen and oxygen atoms in total. The van der Waals surface area contributed by atoms with E-state index in [1.807, 2.05) is 0 Å². The van der Waals surface area contributed by atoms with Crippen LogP contribution in [0.2, 0.25) is 0 Å². The van der Waals surface area contributed by atoms with Crippen LogP contribution in [0.25, 0.3) is 0 Å². The molecule has 0 bridgehead atoms. The molecular weight excluding hydrogens is 271 g/mol. The molecule has 0 aliphatic rings. The van der Waals surface area contributed by atoms with Crippen LogP contribution in [0, 0.1) is 6.16 Å². The second kappa shape index (κ2) is 6.24. The molecule has 0 spiro atoms. The summed E-state index contributed by atoms with van der Waals surface area (Å²) >= 11 is 0. The number of hydrogen-bond donors (Lipinski definition) is 0. The summed E-state index contributed by atoms with van der Waals surface area (Å²) in [6.07, 6.45) is 2.44. The zero-order valence-electron chi connectivity index (χ0n) is 12.2. The molecule has 0 aliphatic heterocycles. The Morgan fingerprint density at radius 2 is 0.810 bits per heavy atom. The third kappa shape index (κ3) is 2.52. The van der Waals surface area contributed by atoms with Crippen molar-refractivity contribution >= 4 is 23.2 Å². The summed E-state index contributed by atoms with van der Waals surface area (Å²) in [5.41, 5.74) is 0. The van der Waals surface area contributed by atoms with Crippen LogP contribution in [0.3, 0.4) is 0 Å². The molecule has 105 valence electrons. The molecule has 0 N–H and O–H groups in total. The van der Waals surface area contributed by atoms with E-state index >= 15 is 0 Å². The van der Waals surface area contributed by atoms with Crippen LogP contribution in [0.15, 0.2) is 91.0 Å². The Kier molecular flexibility index (Phi) is 4.18. The van der Waals surface area contributed by atoms with Crippen molar-refractivity contribution in [2.24, 2.45) is 0 Å². The predicted molar refractivity (Wildman–Crippen MR) is 96.5 cm³/mol. The van der Waals surface area contributed by atoms with Gasteiger partial charge in [0.05, 0.1) is 0 Å². The van der Waals surface area contributed by atoms with Crippen LogP contribution < -0.4 is 15.9 Å². The van der Waals surface area contributed by atoms with Crippen LogP contribution in [-0.4, -0.2) is 0 Å². The van der Waals surface area contributed by atoms with E-state index in [0.29, 0.717) is 0 Å². The first-order valence-electron chi connectivity index (χ1n) is 7.35. The van der Waals surface area contributed by atoms with E-state index in [9.17, 15) is 0 Å². The molecule has 3 aromatic carbocycles. The minimum atomic E-state index is -2.02. The van der Waals surface area contributed by atoms with Crippen molar-refractivity contribution in [3.8, 4) is 0 Å². The summed E-state index contributed by atoms with van der Waals surface area (Å²) in [6, 6.07) is 32.8. The molecule has 0 atom stereocenters. The summed E-state index contributed by atoms with van der Waals surface area (Å²) in [6.45, 7) is 2.21.